The lowest BCUT2D eigenvalue weighted by Crippen LogP contribution is -2.16. The predicted molar refractivity (Wildman–Crippen MR) is 149 cm³/mol. The van der Waals surface area contributed by atoms with E-state index in [4.69, 9.17) is 5.73 Å². The second kappa shape index (κ2) is 13.7. The fourth-order valence-electron chi connectivity index (χ4n) is 3.95. The van der Waals surface area contributed by atoms with Crippen LogP contribution in [-0.2, 0) is 30.5 Å². The Hall–Kier alpha value is -3.76. The van der Waals surface area contributed by atoms with Crippen LogP contribution in [0.2, 0.25) is 0 Å². The molecule has 8 nitrogen and oxygen atoms in total. The first-order chi connectivity index (χ1) is 18.5. The van der Waals surface area contributed by atoms with E-state index in [-0.39, 0.29) is 18.1 Å². The molecule has 198 valence electrons. The number of unbranched alkanes of at least 4 members (excludes halogenated alkanes) is 1. The zero-order chi connectivity index (χ0) is 26.7. The summed E-state index contributed by atoms with van der Waals surface area (Å²) >= 11 is 1.60. The quantitative estimate of drug-likeness (QED) is 0.209. The third-order valence-electron chi connectivity index (χ3n) is 5.98. The van der Waals surface area contributed by atoms with Crippen molar-refractivity contribution in [1.29, 1.82) is 0 Å². The molecular weight excluding hydrogens is 501 g/mol. The van der Waals surface area contributed by atoms with Crippen molar-refractivity contribution in [2.45, 2.75) is 51.5 Å². The number of amides is 1. The summed E-state index contributed by atoms with van der Waals surface area (Å²) in [6.45, 7) is 2.53. The van der Waals surface area contributed by atoms with E-state index in [0.717, 1.165) is 54.5 Å². The first kappa shape index (κ1) is 27.3. The molecule has 0 bridgehead atoms. The van der Waals surface area contributed by atoms with Gasteiger partial charge in [-0.25, -0.2) is 4.39 Å². The number of hydrogen-bond acceptors (Lipinski definition) is 8. The van der Waals surface area contributed by atoms with Gasteiger partial charge < -0.3 is 16.4 Å². The van der Waals surface area contributed by atoms with Crippen LogP contribution in [0.25, 0.3) is 0 Å². The van der Waals surface area contributed by atoms with Gasteiger partial charge in [-0.15, -0.1) is 15.3 Å². The third kappa shape index (κ3) is 8.39. The summed E-state index contributed by atoms with van der Waals surface area (Å²) < 4.78 is 13.8. The van der Waals surface area contributed by atoms with E-state index in [2.05, 4.69) is 43.2 Å². The summed E-state index contributed by atoms with van der Waals surface area (Å²) in [6, 6.07) is 18.1. The number of nitrogens with one attached hydrogen (secondary N) is 2. The summed E-state index contributed by atoms with van der Waals surface area (Å²) in [7, 11) is 0. The molecule has 0 aliphatic heterocycles. The summed E-state index contributed by atoms with van der Waals surface area (Å²) in [5.41, 5.74) is 9.03. The van der Waals surface area contributed by atoms with Gasteiger partial charge in [-0.05, 0) is 61.9 Å². The van der Waals surface area contributed by atoms with E-state index in [1.165, 1.54) is 11.6 Å². The van der Waals surface area contributed by atoms with E-state index in [1.54, 1.807) is 36.5 Å². The number of anilines is 2. The summed E-state index contributed by atoms with van der Waals surface area (Å²) in [5.74, 6) is -0.236. The van der Waals surface area contributed by atoms with Crippen LogP contribution < -0.4 is 16.4 Å². The Balaban J connectivity index is 1.14. The van der Waals surface area contributed by atoms with Crippen LogP contribution in [0.15, 0.2) is 60.7 Å². The van der Waals surface area contributed by atoms with Gasteiger partial charge in [-0.1, -0.05) is 53.8 Å². The Morgan fingerprint density at radius 1 is 0.947 bits per heavy atom. The molecule has 1 amide bonds. The molecule has 0 aliphatic carbocycles. The zero-order valence-corrected chi connectivity index (χ0v) is 22.2. The number of halogens is 1. The van der Waals surface area contributed by atoms with Crippen LogP contribution >= 0.6 is 11.3 Å². The van der Waals surface area contributed by atoms with Gasteiger partial charge in [0.1, 0.15) is 10.8 Å². The van der Waals surface area contributed by atoms with Crippen LogP contribution in [0.4, 0.5) is 15.3 Å². The van der Waals surface area contributed by atoms with Gasteiger partial charge >= 0.3 is 0 Å². The maximum atomic E-state index is 13.8. The van der Waals surface area contributed by atoms with Crippen molar-refractivity contribution < 1.29 is 9.18 Å². The molecule has 0 radical (unpaired) electrons. The topological polar surface area (TPSA) is 119 Å². The van der Waals surface area contributed by atoms with E-state index in [9.17, 15) is 9.18 Å². The van der Waals surface area contributed by atoms with E-state index in [0.29, 0.717) is 16.9 Å². The number of benzene rings is 2. The SMILES string of the molecule is CC(N)c1cc(CC(=O)Nc2ccc(CCCCc3nnc(NCCc4ccccc4)s3)nn2)ccc1F. The van der Waals surface area contributed by atoms with Gasteiger partial charge in [-0.2, -0.15) is 5.10 Å². The normalized spacial score (nSPS) is 11.8. The highest BCUT2D eigenvalue weighted by Gasteiger charge is 2.11. The minimum atomic E-state index is -0.445. The molecule has 38 heavy (non-hydrogen) atoms. The highest BCUT2D eigenvalue weighted by Crippen LogP contribution is 2.19. The number of aromatic nitrogens is 4. The third-order valence-corrected chi connectivity index (χ3v) is 6.92. The summed E-state index contributed by atoms with van der Waals surface area (Å²) in [6.07, 6.45) is 4.62. The molecule has 1 unspecified atom stereocenters. The average molecular weight is 534 g/mol. The molecule has 10 heteroatoms. The molecule has 0 saturated carbocycles. The molecule has 0 aliphatic rings. The Morgan fingerprint density at radius 2 is 1.76 bits per heavy atom. The van der Waals surface area contributed by atoms with Crippen molar-refractivity contribution >= 4 is 28.2 Å². The van der Waals surface area contributed by atoms with Crippen molar-refractivity contribution in [3.05, 3.63) is 93.9 Å². The molecule has 0 fully saturated rings. The lowest BCUT2D eigenvalue weighted by atomic mass is 10.0. The first-order valence-electron chi connectivity index (χ1n) is 12.7. The van der Waals surface area contributed by atoms with Gasteiger partial charge in [0.25, 0.3) is 0 Å². The average Bonchev–Trinajstić information content (AvgIpc) is 3.36. The van der Waals surface area contributed by atoms with Gasteiger partial charge in [-0.3, -0.25) is 4.79 Å². The highest BCUT2D eigenvalue weighted by molar-refractivity contribution is 7.15. The summed E-state index contributed by atoms with van der Waals surface area (Å²) in [5, 5.41) is 24.8. The van der Waals surface area contributed by atoms with Gasteiger partial charge in [0, 0.05) is 24.6 Å². The van der Waals surface area contributed by atoms with E-state index in [1.807, 2.05) is 24.3 Å². The van der Waals surface area contributed by atoms with Gasteiger partial charge in [0.2, 0.25) is 11.0 Å². The number of rotatable bonds is 13. The molecule has 0 saturated heterocycles. The maximum absolute atomic E-state index is 13.8. The molecule has 0 spiro atoms. The number of carbonyl (C=O) groups excluding carboxylic acids is 1. The number of aryl methyl sites for hydroxylation is 2. The minimum absolute atomic E-state index is 0.0965. The molecule has 4 N–H and O–H groups in total. The Bertz CT molecular complexity index is 1310. The highest BCUT2D eigenvalue weighted by atomic mass is 32.1. The van der Waals surface area contributed by atoms with Crippen LogP contribution in [0.3, 0.4) is 0 Å². The molecule has 1 atom stereocenters. The molecular formula is C28H32FN7OS. The van der Waals surface area contributed by atoms with Crippen LogP contribution in [0, 0.1) is 5.82 Å². The van der Waals surface area contributed by atoms with Gasteiger partial charge in [0.15, 0.2) is 5.82 Å². The number of nitrogens with two attached hydrogens (primary N) is 1. The lowest BCUT2D eigenvalue weighted by Gasteiger charge is -2.10. The Morgan fingerprint density at radius 3 is 2.53 bits per heavy atom. The molecule has 2 aromatic heterocycles. The zero-order valence-electron chi connectivity index (χ0n) is 21.4. The summed E-state index contributed by atoms with van der Waals surface area (Å²) in [4.78, 5) is 12.4. The fraction of sp³-hybridized carbons (Fsp3) is 0.321. The number of hydrogen-bond donors (Lipinski definition) is 3. The molecule has 4 rings (SSSR count). The van der Waals surface area contributed by atoms with Gasteiger partial charge in [0.05, 0.1) is 12.1 Å². The van der Waals surface area contributed by atoms with E-state index >= 15 is 0 Å². The van der Waals surface area contributed by atoms with Crippen LogP contribution in [0.1, 0.15) is 53.2 Å². The maximum Gasteiger partial charge on any atom is 0.229 e. The Kier molecular flexibility index (Phi) is 9.83. The van der Waals surface area contributed by atoms with Crippen molar-refractivity contribution in [3.63, 3.8) is 0 Å². The van der Waals surface area contributed by atoms with Crippen molar-refractivity contribution in [2.24, 2.45) is 5.73 Å². The number of carbonyl (C=O) groups is 1. The van der Waals surface area contributed by atoms with Crippen molar-refractivity contribution in [2.75, 3.05) is 17.2 Å². The smallest absolute Gasteiger partial charge is 0.229 e. The molecule has 2 aromatic carbocycles. The fourth-order valence-corrected chi connectivity index (χ4v) is 4.76. The second-order valence-corrected chi connectivity index (χ2v) is 10.2. The van der Waals surface area contributed by atoms with E-state index < -0.39 is 6.04 Å². The minimum Gasteiger partial charge on any atom is -0.360 e. The molecule has 2 heterocycles. The van der Waals surface area contributed by atoms with Crippen molar-refractivity contribution in [3.8, 4) is 0 Å². The Labute approximate surface area is 225 Å². The standard InChI is InChI=1S/C28H32FN7OS/c1-19(30)23-17-21(11-13-24(23)29)18-26(37)32-25-14-12-22(33-34-25)9-5-6-10-27-35-36-28(38-27)31-16-15-20-7-3-2-4-8-20/h2-4,7-8,11-14,17,19H,5-6,9-10,15-16,18,30H2,1H3,(H,31,36)(H,32,34,37). The van der Waals surface area contributed by atoms with Crippen molar-refractivity contribution in [1.82, 2.24) is 20.4 Å². The first-order valence-corrected chi connectivity index (χ1v) is 13.5. The molecule has 4 aromatic rings. The monoisotopic (exact) mass is 533 g/mol. The second-order valence-electron chi connectivity index (χ2n) is 9.15. The van der Waals surface area contributed by atoms with Crippen LogP contribution in [-0.4, -0.2) is 32.8 Å². The van der Waals surface area contributed by atoms with Crippen LogP contribution in [0.5, 0.6) is 0 Å². The predicted octanol–water partition coefficient (Wildman–Crippen LogP) is 4.89. The number of nitrogens with zero attached hydrogens (tertiary/aromatic N) is 4. The largest absolute Gasteiger partial charge is 0.360 e. The lowest BCUT2D eigenvalue weighted by molar-refractivity contribution is -0.115.